The van der Waals surface area contributed by atoms with Gasteiger partial charge in [0.05, 0.1) is 4.90 Å². The Kier molecular flexibility index (Phi) is 5.00. The topological polar surface area (TPSA) is 46.2 Å². The summed E-state index contributed by atoms with van der Waals surface area (Å²) in [5, 5.41) is 0. The maximum atomic E-state index is 12.2. The lowest BCUT2D eigenvalue weighted by molar-refractivity contribution is 0.285. The van der Waals surface area contributed by atoms with Crippen molar-refractivity contribution in [3.8, 4) is 0 Å². The van der Waals surface area contributed by atoms with Crippen molar-refractivity contribution in [2.45, 2.75) is 37.5 Å². The molecule has 0 saturated heterocycles. The lowest BCUT2D eigenvalue weighted by Gasteiger charge is -2.29. The van der Waals surface area contributed by atoms with E-state index in [1.165, 1.54) is 12.8 Å². The molecule has 110 valence electrons. The van der Waals surface area contributed by atoms with Crippen molar-refractivity contribution >= 4 is 10.0 Å². The van der Waals surface area contributed by atoms with Crippen molar-refractivity contribution in [3.05, 3.63) is 42.5 Å². The van der Waals surface area contributed by atoms with Gasteiger partial charge in [-0.25, -0.2) is 13.1 Å². The van der Waals surface area contributed by atoms with E-state index in [4.69, 9.17) is 0 Å². The van der Waals surface area contributed by atoms with E-state index in [1.54, 1.807) is 12.1 Å². The molecule has 2 rings (SSSR count). The van der Waals surface area contributed by atoms with E-state index in [9.17, 15) is 8.42 Å². The zero-order chi connectivity index (χ0) is 14.6. The Hall–Kier alpha value is -1.13. The Labute approximate surface area is 122 Å². The normalized spacial score (nSPS) is 23.4. The Morgan fingerprint density at radius 2 is 1.90 bits per heavy atom. The summed E-state index contributed by atoms with van der Waals surface area (Å²) in [6, 6.07) is 6.95. The van der Waals surface area contributed by atoms with Crippen LogP contribution in [0, 0.1) is 18.8 Å². The summed E-state index contributed by atoms with van der Waals surface area (Å²) in [5.74, 6) is 0.811. The second kappa shape index (κ2) is 6.55. The van der Waals surface area contributed by atoms with Crippen LogP contribution in [0.25, 0.3) is 0 Å². The Bertz CT molecular complexity index is 548. The molecule has 0 aliphatic heterocycles. The number of hydrogen-bond acceptors (Lipinski definition) is 2. The number of allylic oxidation sites excluding steroid dienone is 1. The first-order valence-electron chi connectivity index (χ1n) is 7.22. The van der Waals surface area contributed by atoms with E-state index < -0.39 is 10.0 Å². The van der Waals surface area contributed by atoms with Gasteiger partial charge in [0, 0.05) is 6.54 Å². The highest BCUT2D eigenvalue weighted by Gasteiger charge is 2.24. The van der Waals surface area contributed by atoms with Crippen LogP contribution in [0.15, 0.2) is 41.8 Å². The van der Waals surface area contributed by atoms with E-state index in [0.29, 0.717) is 23.3 Å². The lowest BCUT2D eigenvalue weighted by atomic mass is 9.79. The summed E-state index contributed by atoms with van der Waals surface area (Å²) in [5.41, 5.74) is 1.06. The van der Waals surface area contributed by atoms with Crippen LogP contribution >= 0.6 is 0 Å². The van der Waals surface area contributed by atoms with Gasteiger partial charge in [-0.3, -0.25) is 0 Å². The van der Waals surface area contributed by atoms with Crippen molar-refractivity contribution in [2.75, 3.05) is 6.54 Å². The zero-order valence-electron chi connectivity index (χ0n) is 12.0. The minimum Gasteiger partial charge on any atom is -0.211 e. The maximum Gasteiger partial charge on any atom is 0.240 e. The minimum atomic E-state index is -3.39. The third-order valence-electron chi connectivity index (χ3n) is 4.14. The second-order valence-corrected chi connectivity index (χ2v) is 7.38. The van der Waals surface area contributed by atoms with Gasteiger partial charge < -0.3 is 0 Å². The predicted octanol–water partition coefficient (Wildman–Crippen LogP) is 3.27. The molecule has 0 aromatic heterocycles. The lowest BCUT2D eigenvalue weighted by Crippen LogP contribution is -2.33. The van der Waals surface area contributed by atoms with E-state index in [-0.39, 0.29) is 0 Å². The highest BCUT2D eigenvalue weighted by molar-refractivity contribution is 7.89. The number of hydrogen-bond donors (Lipinski definition) is 1. The SMILES string of the molecule is C=CC1CCCC[C@@H]1CNS(=O)(=O)c1ccc(C)cc1. The van der Waals surface area contributed by atoms with Crippen molar-refractivity contribution in [3.63, 3.8) is 0 Å². The molecule has 1 fully saturated rings. The van der Waals surface area contributed by atoms with Crippen LogP contribution in [0.3, 0.4) is 0 Å². The molecule has 20 heavy (non-hydrogen) atoms. The fourth-order valence-electron chi connectivity index (χ4n) is 2.82. The van der Waals surface area contributed by atoms with Crippen molar-refractivity contribution in [1.82, 2.24) is 4.72 Å². The van der Waals surface area contributed by atoms with Crippen LogP contribution < -0.4 is 4.72 Å². The molecule has 1 aromatic rings. The summed E-state index contributed by atoms with van der Waals surface area (Å²) in [7, 11) is -3.39. The summed E-state index contributed by atoms with van der Waals surface area (Å²) in [4.78, 5) is 0.342. The third kappa shape index (κ3) is 3.70. The Balaban J connectivity index is 2.01. The Morgan fingerprint density at radius 1 is 1.25 bits per heavy atom. The number of aryl methyl sites for hydroxylation is 1. The molecule has 1 N–H and O–H groups in total. The summed E-state index contributed by atoms with van der Waals surface area (Å²) >= 11 is 0. The average Bonchev–Trinajstić information content (AvgIpc) is 2.46. The highest BCUT2D eigenvalue weighted by Crippen LogP contribution is 2.30. The van der Waals surface area contributed by atoms with Gasteiger partial charge in [-0.15, -0.1) is 6.58 Å². The molecule has 0 amide bonds. The van der Waals surface area contributed by atoms with Crippen LogP contribution in [0.5, 0.6) is 0 Å². The molecule has 1 aliphatic carbocycles. The van der Waals surface area contributed by atoms with Crippen LogP contribution in [-0.2, 0) is 10.0 Å². The largest absolute Gasteiger partial charge is 0.240 e. The third-order valence-corrected chi connectivity index (χ3v) is 5.58. The first kappa shape index (κ1) is 15.3. The summed E-state index contributed by atoms with van der Waals surface area (Å²) < 4.78 is 27.2. The van der Waals surface area contributed by atoms with Crippen LogP contribution in [0.1, 0.15) is 31.2 Å². The number of sulfonamides is 1. The van der Waals surface area contributed by atoms with Gasteiger partial charge in [-0.1, -0.05) is 36.6 Å². The molecule has 1 aromatic carbocycles. The average molecular weight is 293 g/mol. The molecular weight excluding hydrogens is 270 g/mol. The predicted molar refractivity (Wildman–Crippen MR) is 82.0 cm³/mol. The Morgan fingerprint density at radius 3 is 2.55 bits per heavy atom. The maximum absolute atomic E-state index is 12.2. The van der Waals surface area contributed by atoms with Gasteiger partial charge >= 0.3 is 0 Å². The van der Waals surface area contributed by atoms with Gasteiger partial charge in [0.1, 0.15) is 0 Å². The van der Waals surface area contributed by atoms with E-state index in [1.807, 2.05) is 25.1 Å². The summed E-state index contributed by atoms with van der Waals surface area (Å²) in [6.45, 7) is 6.32. The van der Waals surface area contributed by atoms with Gasteiger partial charge in [0.15, 0.2) is 0 Å². The fourth-order valence-corrected chi connectivity index (χ4v) is 3.91. The molecule has 2 atom stereocenters. The van der Waals surface area contributed by atoms with E-state index in [2.05, 4.69) is 11.3 Å². The van der Waals surface area contributed by atoms with E-state index >= 15 is 0 Å². The zero-order valence-corrected chi connectivity index (χ0v) is 12.8. The quantitative estimate of drug-likeness (QED) is 0.847. The number of benzene rings is 1. The van der Waals surface area contributed by atoms with E-state index in [0.717, 1.165) is 18.4 Å². The fraction of sp³-hybridized carbons (Fsp3) is 0.500. The minimum absolute atomic E-state index is 0.342. The molecule has 4 heteroatoms. The standard InChI is InChI=1S/C16H23NO2S/c1-3-14-6-4-5-7-15(14)12-17-20(18,19)16-10-8-13(2)9-11-16/h3,8-11,14-15,17H,1,4-7,12H2,2H3/t14?,15-/m1/s1. The smallest absolute Gasteiger partial charge is 0.211 e. The number of nitrogens with one attached hydrogen (secondary N) is 1. The first-order valence-corrected chi connectivity index (χ1v) is 8.70. The first-order chi connectivity index (χ1) is 9.53. The van der Waals surface area contributed by atoms with Gasteiger partial charge in [-0.2, -0.15) is 0 Å². The van der Waals surface area contributed by atoms with Gasteiger partial charge in [-0.05, 0) is 43.7 Å². The van der Waals surface area contributed by atoms with Gasteiger partial charge in [0.2, 0.25) is 10.0 Å². The molecule has 1 unspecified atom stereocenters. The molecule has 1 saturated carbocycles. The van der Waals surface area contributed by atoms with Crippen molar-refractivity contribution in [2.24, 2.45) is 11.8 Å². The van der Waals surface area contributed by atoms with Crippen molar-refractivity contribution < 1.29 is 8.42 Å². The van der Waals surface area contributed by atoms with Crippen LogP contribution in [-0.4, -0.2) is 15.0 Å². The second-order valence-electron chi connectivity index (χ2n) is 5.61. The van der Waals surface area contributed by atoms with Crippen LogP contribution in [0.2, 0.25) is 0 Å². The molecule has 0 spiro atoms. The molecule has 0 bridgehead atoms. The van der Waals surface area contributed by atoms with Crippen LogP contribution in [0.4, 0.5) is 0 Å². The molecule has 0 heterocycles. The molecule has 1 aliphatic rings. The van der Waals surface area contributed by atoms with Gasteiger partial charge in [0.25, 0.3) is 0 Å². The summed E-state index contributed by atoms with van der Waals surface area (Å²) in [6.07, 6.45) is 6.58. The monoisotopic (exact) mass is 293 g/mol. The highest BCUT2D eigenvalue weighted by atomic mass is 32.2. The van der Waals surface area contributed by atoms with Crippen molar-refractivity contribution in [1.29, 1.82) is 0 Å². The number of rotatable bonds is 5. The molecule has 3 nitrogen and oxygen atoms in total. The molecule has 0 radical (unpaired) electrons. The molecular formula is C16H23NO2S.